The number of nitrogens with zero attached hydrogens (tertiary/aromatic N) is 3. The minimum atomic E-state index is -2.74. The Kier molecular flexibility index (Phi) is 5.68. The van der Waals surface area contributed by atoms with Crippen LogP contribution in [0, 0.1) is 17.7 Å². The van der Waals surface area contributed by atoms with E-state index >= 15 is 0 Å². The molecule has 0 aliphatic heterocycles. The van der Waals surface area contributed by atoms with Crippen molar-refractivity contribution in [2.45, 2.75) is 43.6 Å². The number of fused-ring (bicyclic) bond motifs is 1. The lowest BCUT2D eigenvalue weighted by Gasteiger charge is -2.25. The molecule has 180 valence electrons. The largest absolute Gasteiger partial charge is 0.385 e. The van der Waals surface area contributed by atoms with Crippen molar-refractivity contribution in [1.29, 1.82) is 0 Å². The van der Waals surface area contributed by atoms with E-state index < -0.39 is 17.8 Å². The van der Waals surface area contributed by atoms with Crippen molar-refractivity contribution < 1.29 is 23.1 Å². The number of H-pyrrole nitrogens is 1. The average molecular weight is 494 g/mol. The Bertz CT molecular complexity index is 1230. The Morgan fingerprint density at radius 1 is 1.32 bits per heavy atom. The van der Waals surface area contributed by atoms with Crippen LogP contribution in [-0.2, 0) is 12.6 Å². The van der Waals surface area contributed by atoms with Crippen molar-refractivity contribution in [3.63, 3.8) is 0 Å². The molecule has 3 aromatic rings. The highest BCUT2D eigenvalue weighted by molar-refractivity contribution is 6.31. The van der Waals surface area contributed by atoms with Crippen LogP contribution in [0.15, 0.2) is 30.7 Å². The molecule has 2 aliphatic rings. The van der Waals surface area contributed by atoms with Crippen LogP contribution in [0.5, 0.6) is 0 Å². The number of rotatable bonds is 5. The monoisotopic (exact) mass is 493 g/mol. The molecule has 11 heteroatoms. The number of alkyl halides is 2. The van der Waals surface area contributed by atoms with E-state index in [1.165, 1.54) is 24.4 Å². The fourth-order valence-electron chi connectivity index (χ4n) is 5.73. The first-order valence-electron chi connectivity index (χ1n) is 11.0. The molecule has 0 spiro atoms. The fourth-order valence-corrected chi connectivity index (χ4v) is 5.91. The van der Waals surface area contributed by atoms with Gasteiger partial charge in [0.2, 0.25) is 0 Å². The summed E-state index contributed by atoms with van der Waals surface area (Å²) in [5, 5.41) is 19.9. The van der Waals surface area contributed by atoms with Gasteiger partial charge in [-0.25, -0.2) is 18.2 Å². The maximum atomic E-state index is 13.4. The normalized spacial score (nSPS) is 26.3. The Morgan fingerprint density at radius 3 is 2.68 bits per heavy atom. The minimum Gasteiger partial charge on any atom is -0.385 e. The molecule has 3 N–H and O–H groups in total. The number of aryl methyl sites for hydroxylation is 1. The topological polar surface area (TPSA) is 95.8 Å². The van der Waals surface area contributed by atoms with Crippen LogP contribution in [0.2, 0.25) is 5.02 Å². The van der Waals surface area contributed by atoms with E-state index in [0.29, 0.717) is 42.8 Å². The van der Waals surface area contributed by atoms with Crippen molar-refractivity contribution in [3.8, 4) is 0 Å². The first-order chi connectivity index (χ1) is 16.2. The number of amides is 1. The molecule has 2 aliphatic carbocycles. The van der Waals surface area contributed by atoms with Crippen molar-refractivity contribution >= 4 is 23.2 Å². The van der Waals surface area contributed by atoms with Gasteiger partial charge in [-0.15, -0.1) is 0 Å². The van der Waals surface area contributed by atoms with E-state index in [2.05, 4.69) is 20.5 Å². The lowest BCUT2D eigenvalue weighted by atomic mass is 9.87. The smallest absolute Gasteiger partial charge is 0.280 e. The summed E-state index contributed by atoms with van der Waals surface area (Å²) in [4.78, 5) is 17.5. The molecule has 2 fully saturated rings. The summed E-state index contributed by atoms with van der Waals surface area (Å²) >= 11 is 5.82. The predicted molar refractivity (Wildman–Crippen MR) is 118 cm³/mol. The molecule has 2 saturated carbocycles. The standard InChI is InChI=1S/C23H23ClF3N5O2/c1-32-10-28-18(20(32)22(33)30-14-2-3-17(25)16(24)6-14)11-4-12-7-23(34,8-13(12)5-11)15-9-29-31-19(15)21(26)27/h2-3,6,9-13,21,34H,4-5,7-8H2,1H3,(H,29,31)(H,30,33). The van der Waals surface area contributed by atoms with Gasteiger partial charge < -0.3 is 15.0 Å². The van der Waals surface area contributed by atoms with E-state index in [9.17, 15) is 23.1 Å². The van der Waals surface area contributed by atoms with Gasteiger partial charge >= 0.3 is 0 Å². The Balaban J connectivity index is 1.32. The molecule has 7 nitrogen and oxygen atoms in total. The highest BCUT2D eigenvalue weighted by Gasteiger charge is 2.52. The van der Waals surface area contributed by atoms with Crippen molar-refractivity contribution in [1.82, 2.24) is 19.7 Å². The number of aromatic amines is 1. The van der Waals surface area contributed by atoms with E-state index in [-0.39, 0.29) is 39.9 Å². The number of carbonyl (C=O) groups excluding carboxylic acids is 1. The maximum absolute atomic E-state index is 13.4. The van der Waals surface area contributed by atoms with Crippen molar-refractivity contribution in [2.75, 3.05) is 5.32 Å². The van der Waals surface area contributed by atoms with Crippen LogP contribution >= 0.6 is 11.6 Å². The van der Waals surface area contributed by atoms with Gasteiger partial charge in [0.1, 0.15) is 17.2 Å². The van der Waals surface area contributed by atoms with Gasteiger partial charge in [-0.3, -0.25) is 9.89 Å². The number of benzene rings is 1. The summed E-state index contributed by atoms with van der Waals surface area (Å²) in [6.45, 7) is 0. The lowest BCUT2D eigenvalue weighted by molar-refractivity contribution is 0.0290. The van der Waals surface area contributed by atoms with Crippen LogP contribution in [0.3, 0.4) is 0 Å². The zero-order valence-corrected chi connectivity index (χ0v) is 19.0. The van der Waals surface area contributed by atoms with Crippen molar-refractivity contribution in [2.24, 2.45) is 18.9 Å². The average Bonchev–Trinajstić information content (AvgIpc) is 3.52. The molecule has 2 atom stereocenters. The second-order valence-electron chi connectivity index (χ2n) is 9.30. The van der Waals surface area contributed by atoms with Gasteiger partial charge in [0.05, 0.1) is 28.8 Å². The molecular weight excluding hydrogens is 471 g/mol. The molecule has 2 unspecified atom stereocenters. The summed E-state index contributed by atoms with van der Waals surface area (Å²) in [5.41, 5.74) is -0.0800. The van der Waals surface area contributed by atoms with E-state index in [0.717, 1.165) is 0 Å². The molecular formula is C23H23ClF3N5O2. The molecule has 1 amide bonds. The summed E-state index contributed by atoms with van der Waals surface area (Å²) in [6, 6.07) is 3.95. The molecule has 2 aromatic heterocycles. The van der Waals surface area contributed by atoms with E-state index in [4.69, 9.17) is 11.6 Å². The third kappa shape index (κ3) is 3.88. The summed E-state index contributed by atoms with van der Waals surface area (Å²) in [5.74, 6) is -0.730. The Morgan fingerprint density at radius 2 is 2.03 bits per heavy atom. The van der Waals surface area contributed by atoms with Gasteiger partial charge in [-0.1, -0.05) is 11.6 Å². The Hall–Kier alpha value is -2.85. The lowest BCUT2D eigenvalue weighted by Crippen LogP contribution is -2.24. The second-order valence-corrected chi connectivity index (χ2v) is 9.71. The first kappa shape index (κ1) is 22.9. The number of carbonyl (C=O) groups is 1. The van der Waals surface area contributed by atoms with Gasteiger partial charge in [-0.05, 0) is 55.7 Å². The van der Waals surface area contributed by atoms with Gasteiger partial charge in [-0.2, -0.15) is 5.10 Å². The third-order valence-corrected chi connectivity index (χ3v) is 7.46. The summed E-state index contributed by atoms with van der Waals surface area (Å²) in [7, 11) is 1.72. The molecule has 34 heavy (non-hydrogen) atoms. The fraction of sp³-hybridized carbons (Fsp3) is 0.435. The number of imidazole rings is 1. The van der Waals surface area contributed by atoms with Gasteiger partial charge in [0.15, 0.2) is 0 Å². The van der Waals surface area contributed by atoms with Crippen LogP contribution in [0.1, 0.15) is 65.5 Å². The SMILES string of the molecule is Cn1cnc(C2CC3CC(O)(c4cn[nH]c4C(F)F)CC3C2)c1C(=O)Nc1ccc(F)c(Cl)c1. The van der Waals surface area contributed by atoms with Crippen LogP contribution in [0.25, 0.3) is 0 Å². The molecule has 2 heterocycles. The number of nitrogens with one attached hydrogen (secondary N) is 2. The number of hydrogen-bond donors (Lipinski definition) is 3. The number of halogens is 4. The molecule has 5 rings (SSSR count). The first-order valence-corrected chi connectivity index (χ1v) is 11.4. The van der Waals surface area contributed by atoms with Crippen LogP contribution in [0.4, 0.5) is 18.9 Å². The van der Waals surface area contributed by atoms with E-state index in [1.54, 1.807) is 17.9 Å². The van der Waals surface area contributed by atoms with E-state index in [1.807, 2.05) is 0 Å². The minimum absolute atomic E-state index is 0.00257. The third-order valence-electron chi connectivity index (χ3n) is 7.17. The number of hydrogen-bond acceptors (Lipinski definition) is 4. The number of aliphatic hydroxyl groups is 1. The summed E-state index contributed by atoms with van der Waals surface area (Å²) < 4.78 is 41.7. The maximum Gasteiger partial charge on any atom is 0.280 e. The Labute approximate surface area is 198 Å². The van der Waals surface area contributed by atoms with Crippen LogP contribution in [-0.4, -0.2) is 30.8 Å². The summed E-state index contributed by atoms with van der Waals surface area (Å²) in [6.07, 6.45) is 2.23. The highest BCUT2D eigenvalue weighted by Crippen LogP contribution is 2.57. The zero-order chi connectivity index (χ0) is 24.2. The predicted octanol–water partition coefficient (Wildman–Crippen LogP) is 4.92. The highest BCUT2D eigenvalue weighted by atomic mass is 35.5. The van der Waals surface area contributed by atoms with Crippen LogP contribution < -0.4 is 5.32 Å². The quantitative estimate of drug-likeness (QED) is 0.470. The van der Waals surface area contributed by atoms with Crippen molar-refractivity contribution in [3.05, 3.63) is 64.2 Å². The second kappa shape index (κ2) is 8.42. The molecule has 1 aromatic carbocycles. The van der Waals surface area contributed by atoms with Gasteiger partial charge in [0.25, 0.3) is 12.3 Å². The molecule has 0 saturated heterocycles. The zero-order valence-electron chi connectivity index (χ0n) is 18.2. The molecule has 0 bridgehead atoms. The number of aromatic nitrogens is 4. The van der Waals surface area contributed by atoms with Gasteiger partial charge in [0, 0.05) is 24.2 Å². The number of anilines is 1. The molecule has 0 radical (unpaired) electrons.